The molecule has 0 spiro atoms. The SMILES string of the molecule is C=CCn1c(CCCc2ccc(OC)cc2)nnc1SCC(=O)Nc1c(C)cccc1C. The molecule has 168 valence electrons. The number of nitrogens with zero attached hydrogens (tertiary/aromatic N) is 3. The number of para-hydroxylation sites is 1. The standard InChI is InChI=1S/C25H30N4O2S/c1-5-16-29-22(11-7-10-20-12-14-21(31-4)15-13-20)27-28-25(29)32-17-23(30)26-24-18(2)8-6-9-19(24)3/h5-6,8-9,12-15H,1,7,10-11,16-17H2,2-4H3,(H,26,30). The van der Waals surface area contributed by atoms with Crippen LogP contribution in [0, 0.1) is 13.8 Å². The highest BCUT2D eigenvalue weighted by molar-refractivity contribution is 7.99. The van der Waals surface area contributed by atoms with E-state index in [2.05, 4.69) is 34.2 Å². The lowest BCUT2D eigenvalue weighted by Crippen LogP contribution is -2.16. The van der Waals surface area contributed by atoms with Crippen molar-refractivity contribution in [3.8, 4) is 5.75 Å². The molecule has 3 rings (SSSR count). The van der Waals surface area contributed by atoms with Gasteiger partial charge in [0.15, 0.2) is 5.16 Å². The zero-order valence-electron chi connectivity index (χ0n) is 18.9. The summed E-state index contributed by atoms with van der Waals surface area (Å²) in [5, 5.41) is 12.5. The van der Waals surface area contributed by atoms with Crippen molar-refractivity contribution >= 4 is 23.4 Å². The van der Waals surface area contributed by atoms with Crippen molar-refractivity contribution in [1.82, 2.24) is 14.8 Å². The Labute approximate surface area is 194 Å². The highest BCUT2D eigenvalue weighted by atomic mass is 32.2. The lowest BCUT2D eigenvalue weighted by atomic mass is 10.1. The second-order valence-electron chi connectivity index (χ2n) is 7.60. The molecule has 1 aromatic heterocycles. The van der Waals surface area contributed by atoms with Crippen molar-refractivity contribution in [2.45, 2.75) is 44.8 Å². The summed E-state index contributed by atoms with van der Waals surface area (Å²) in [6.07, 6.45) is 4.55. The summed E-state index contributed by atoms with van der Waals surface area (Å²) in [5.74, 6) is 2.00. The van der Waals surface area contributed by atoms with Gasteiger partial charge in [0.25, 0.3) is 0 Å². The number of carbonyl (C=O) groups is 1. The Hall–Kier alpha value is -3.06. The van der Waals surface area contributed by atoms with E-state index >= 15 is 0 Å². The monoisotopic (exact) mass is 450 g/mol. The Morgan fingerprint density at radius 3 is 2.50 bits per heavy atom. The third-order valence-corrected chi connectivity index (χ3v) is 6.17. The fourth-order valence-electron chi connectivity index (χ4n) is 3.48. The first-order chi connectivity index (χ1) is 15.5. The molecule has 6 nitrogen and oxygen atoms in total. The van der Waals surface area contributed by atoms with Gasteiger partial charge in [-0.3, -0.25) is 4.79 Å². The molecule has 3 aromatic rings. The van der Waals surface area contributed by atoms with E-state index in [4.69, 9.17) is 4.74 Å². The summed E-state index contributed by atoms with van der Waals surface area (Å²) in [7, 11) is 1.67. The minimum Gasteiger partial charge on any atom is -0.497 e. The van der Waals surface area contributed by atoms with Gasteiger partial charge in [0.1, 0.15) is 11.6 Å². The number of rotatable bonds is 11. The van der Waals surface area contributed by atoms with Crippen molar-refractivity contribution in [2.75, 3.05) is 18.2 Å². The average molecular weight is 451 g/mol. The van der Waals surface area contributed by atoms with Gasteiger partial charge in [0, 0.05) is 18.7 Å². The van der Waals surface area contributed by atoms with Gasteiger partial charge in [-0.25, -0.2) is 0 Å². The largest absolute Gasteiger partial charge is 0.497 e. The van der Waals surface area contributed by atoms with Gasteiger partial charge >= 0.3 is 0 Å². The van der Waals surface area contributed by atoms with Crippen LogP contribution in [0.4, 0.5) is 5.69 Å². The number of aryl methyl sites for hydroxylation is 4. The number of allylic oxidation sites excluding steroid dienone is 1. The van der Waals surface area contributed by atoms with Crippen molar-refractivity contribution in [2.24, 2.45) is 0 Å². The fraction of sp³-hybridized carbons (Fsp3) is 0.320. The van der Waals surface area contributed by atoms with E-state index in [1.807, 2.05) is 54.8 Å². The number of nitrogens with one attached hydrogen (secondary N) is 1. The van der Waals surface area contributed by atoms with Crippen LogP contribution in [0.3, 0.4) is 0 Å². The molecule has 1 N–H and O–H groups in total. The molecule has 32 heavy (non-hydrogen) atoms. The van der Waals surface area contributed by atoms with Crippen LogP contribution in [0.5, 0.6) is 5.75 Å². The second-order valence-corrected chi connectivity index (χ2v) is 8.55. The zero-order chi connectivity index (χ0) is 22.9. The Morgan fingerprint density at radius 1 is 1.12 bits per heavy atom. The number of thioether (sulfide) groups is 1. The molecule has 0 saturated heterocycles. The van der Waals surface area contributed by atoms with Crippen LogP contribution in [0.25, 0.3) is 0 Å². The maximum absolute atomic E-state index is 12.5. The van der Waals surface area contributed by atoms with Crippen LogP contribution in [-0.4, -0.2) is 33.5 Å². The Bertz CT molecular complexity index is 1040. The highest BCUT2D eigenvalue weighted by Gasteiger charge is 2.14. The number of hydrogen-bond acceptors (Lipinski definition) is 5. The van der Waals surface area contributed by atoms with E-state index in [9.17, 15) is 4.79 Å². The van der Waals surface area contributed by atoms with Crippen molar-refractivity contribution in [3.63, 3.8) is 0 Å². The predicted molar refractivity (Wildman–Crippen MR) is 131 cm³/mol. The molecule has 1 amide bonds. The van der Waals surface area contributed by atoms with Gasteiger partial charge < -0.3 is 14.6 Å². The molecule has 0 saturated carbocycles. The van der Waals surface area contributed by atoms with Crippen LogP contribution in [0.15, 0.2) is 60.3 Å². The van der Waals surface area contributed by atoms with Crippen molar-refractivity contribution < 1.29 is 9.53 Å². The van der Waals surface area contributed by atoms with E-state index in [0.717, 1.165) is 52.8 Å². The van der Waals surface area contributed by atoms with E-state index in [1.165, 1.54) is 17.3 Å². The van der Waals surface area contributed by atoms with E-state index in [-0.39, 0.29) is 11.7 Å². The molecule has 0 radical (unpaired) electrons. The molecule has 0 aliphatic heterocycles. The van der Waals surface area contributed by atoms with Crippen LogP contribution >= 0.6 is 11.8 Å². The molecule has 0 aliphatic rings. The number of aromatic nitrogens is 3. The first kappa shape index (κ1) is 23.6. The third kappa shape index (κ3) is 6.23. The lowest BCUT2D eigenvalue weighted by Gasteiger charge is -2.11. The number of benzene rings is 2. The molecule has 0 atom stereocenters. The zero-order valence-corrected chi connectivity index (χ0v) is 19.7. The van der Waals surface area contributed by atoms with E-state index in [1.54, 1.807) is 7.11 Å². The number of carbonyl (C=O) groups excluding carboxylic acids is 1. The average Bonchev–Trinajstić information content (AvgIpc) is 3.17. The maximum atomic E-state index is 12.5. The topological polar surface area (TPSA) is 69.0 Å². The van der Waals surface area contributed by atoms with Gasteiger partial charge in [-0.2, -0.15) is 0 Å². The molecular weight excluding hydrogens is 420 g/mol. The summed E-state index contributed by atoms with van der Waals surface area (Å²) in [6.45, 7) is 8.46. The van der Waals surface area contributed by atoms with Crippen LogP contribution in [0.1, 0.15) is 28.9 Å². The number of anilines is 1. The Balaban J connectivity index is 1.57. The molecular formula is C25H30N4O2S. The summed E-state index contributed by atoms with van der Waals surface area (Å²) < 4.78 is 7.25. The number of hydrogen-bond donors (Lipinski definition) is 1. The Morgan fingerprint density at radius 2 is 1.84 bits per heavy atom. The second kappa shape index (κ2) is 11.5. The summed E-state index contributed by atoms with van der Waals surface area (Å²) in [5.41, 5.74) is 4.25. The molecule has 0 aliphatic carbocycles. The first-order valence-corrected chi connectivity index (χ1v) is 11.6. The fourth-order valence-corrected chi connectivity index (χ4v) is 4.25. The smallest absolute Gasteiger partial charge is 0.234 e. The number of methoxy groups -OCH3 is 1. The molecule has 0 bridgehead atoms. The van der Waals surface area contributed by atoms with Crippen LogP contribution in [0.2, 0.25) is 0 Å². The predicted octanol–water partition coefficient (Wildman–Crippen LogP) is 5.00. The van der Waals surface area contributed by atoms with Gasteiger partial charge in [-0.15, -0.1) is 16.8 Å². The van der Waals surface area contributed by atoms with Crippen molar-refractivity contribution in [1.29, 1.82) is 0 Å². The minimum atomic E-state index is -0.0541. The van der Waals surface area contributed by atoms with Gasteiger partial charge in [-0.1, -0.05) is 48.2 Å². The number of ether oxygens (including phenoxy) is 1. The Kier molecular flexibility index (Phi) is 8.50. The minimum absolute atomic E-state index is 0.0541. The number of amides is 1. The molecule has 7 heteroatoms. The van der Waals surface area contributed by atoms with E-state index < -0.39 is 0 Å². The van der Waals surface area contributed by atoms with Crippen LogP contribution < -0.4 is 10.1 Å². The van der Waals surface area contributed by atoms with Crippen molar-refractivity contribution in [3.05, 3.63) is 77.6 Å². The maximum Gasteiger partial charge on any atom is 0.234 e. The molecule has 2 aromatic carbocycles. The summed E-state index contributed by atoms with van der Waals surface area (Å²) >= 11 is 1.40. The lowest BCUT2D eigenvalue weighted by molar-refractivity contribution is -0.113. The van der Waals surface area contributed by atoms with Gasteiger partial charge in [-0.05, 0) is 55.5 Å². The molecule has 1 heterocycles. The van der Waals surface area contributed by atoms with Gasteiger partial charge in [0.2, 0.25) is 5.91 Å². The highest BCUT2D eigenvalue weighted by Crippen LogP contribution is 2.22. The van der Waals surface area contributed by atoms with E-state index in [0.29, 0.717) is 6.54 Å². The quantitative estimate of drug-likeness (QED) is 0.329. The first-order valence-electron chi connectivity index (χ1n) is 10.7. The summed E-state index contributed by atoms with van der Waals surface area (Å²) in [6, 6.07) is 14.1. The van der Waals surface area contributed by atoms with Gasteiger partial charge in [0.05, 0.1) is 12.9 Å². The third-order valence-electron chi connectivity index (χ3n) is 5.21. The normalized spacial score (nSPS) is 10.7. The molecule has 0 unspecified atom stereocenters. The summed E-state index contributed by atoms with van der Waals surface area (Å²) in [4.78, 5) is 12.5. The molecule has 0 fully saturated rings. The van der Waals surface area contributed by atoms with Crippen LogP contribution in [-0.2, 0) is 24.2 Å².